The van der Waals surface area contributed by atoms with E-state index in [1.807, 2.05) is 0 Å². The fraction of sp³-hybridized carbons (Fsp3) is 0.462. The number of aliphatic hydroxyl groups is 1. The molecule has 2 unspecified atom stereocenters. The van der Waals surface area contributed by atoms with Gasteiger partial charge in [0.15, 0.2) is 0 Å². The van der Waals surface area contributed by atoms with Crippen molar-refractivity contribution < 1.29 is 14.3 Å². The number of furan rings is 1. The van der Waals surface area contributed by atoms with Crippen molar-refractivity contribution in [3.8, 4) is 0 Å². The smallest absolute Gasteiger partial charge is 0.246 e. The minimum Gasteiger partial charge on any atom is -0.465 e. The van der Waals surface area contributed by atoms with Crippen LogP contribution in [0.3, 0.4) is 0 Å². The zero-order valence-corrected chi connectivity index (χ0v) is 9.87. The van der Waals surface area contributed by atoms with E-state index in [0.29, 0.717) is 12.3 Å². The number of nitrogens with zero attached hydrogens (tertiary/aromatic N) is 1. The minimum atomic E-state index is -0.346. The fourth-order valence-electron chi connectivity index (χ4n) is 2.03. The summed E-state index contributed by atoms with van der Waals surface area (Å²) < 4.78 is 5.11. The highest BCUT2D eigenvalue weighted by Gasteiger charge is 2.27. The molecule has 4 heteroatoms. The number of aliphatic hydroxyl groups excluding tert-OH is 1. The molecule has 0 saturated carbocycles. The number of rotatable bonds is 3. The number of hydrogen-bond donors (Lipinski definition) is 1. The normalized spacial score (nSPS) is 22.2. The fourth-order valence-corrected chi connectivity index (χ4v) is 2.03. The summed E-state index contributed by atoms with van der Waals surface area (Å²) in [5, 5.41) is 9.46. The van der Waals surface area contributed by atoms with Gasteiger partial charge in [-0.1, -0.05) is 0 Å². The van der Waals surface area contributed by atoms with Gasteiger partial charge in [0.25, 0.3) is 0 Å². The minimum absolute atomic E-state index is 0.0236. The topological polar surface area (TPSA) is 53.7 Å². The van der Waals surface area contributed by atoms with Gasteiger partial charge in [0, 0.05) is 25.1 Å². The molecule has 4 nitrogen and oxygen atoms in total. The summed E-state index contributed by atoms with van der Waals surface area (Å²) in [4.78, 5) is 13.6. The van der Waals surface area contributed by atoms with Crippen LogP contribution in [0.5, 0.6) is 0 Å². The van der Waals surface area contributed by atoms with Crippen LogP contribution in [0.2, 0.25) is 0 Å². The third kappa shape index (κ3) is 2.97. The number of amides is 1. The molecule has 2 rings (SSSR count). The Morgan fingerprint density at radius 1 is 1.71 bits per heavy atom. The van der Waals surface area contributed by atoms with Crippen molar-refractivity contribution in [3.05, 3.63) is 30.2 Å². The van der Waals surface area contributed by atoms with E-state index in [4.69, 9.17) is 4.42 Å². The first-order chi connectivity index (χ1) is 8.16. The standard InChI is InChI=1S/C13H17NO3/c1-10(15)11-6-7-14(9-11)13(16)5-4-12-3-2-8-17-12/h2-5,8,10-11,15H,6-7,9H2,1H3/b5-4+. The summed E-state index contributed by atoms with van der Waals surface area (Å²) >= 11 is 0. The van der Waals surface area contributed by atoms with E-state index < -0.39 is 0 Å². The molecule has 1 fully saturated rings. The van der Waals surface area contributed by atoms with Crippen LogP contribution < -0.4 is 0 Å². The second-order valence-electron chi connectivity index (χ2n) is 4.42. The van der Waals surface area contributed by atoms with Crippen LogP contribution >= 0.6 is 0 Å². The lowest BCUT2D eigenvalue weighted by Crippen LogP contribution is -2.28. The predicted octanol–water partition coefficient (Wildman–Crippen LogP) is 1.52. The highest BCUT2D eigenvalue weighted by molar-refractivity contribution is 5.91. The average Bonchev–Trinajstić information content (AvgIpc) is 2.96. The Kier molecular flexibility index (Phi) is 3.64. The van der Waals surface area contributed by atoms with Gasteiger partial charge in [0.1, 0.15) is 5.76 Å². The predicted molar refractivity (Wildman–Crippen MR) is 64.1 cm³/mol. The largest absolute Gasteiger partial charge is 0.465 e. The van der Waals surface area contributed by atoms with E-state index in [9.17, 15) is 9.90 Å². The van der Waals surface area contributed by atoms with Crippen molar-refractivity contribution in [2.24, 2.45) is 5.92 Å². The van der Waals surface area contributed by atoms with Gasteiger partial charge in [-0.05, 0) is 31.6 Å². The second-order valence-corrected chi connectivity index (χ2v) is 4.42. The molecule has 0 radical (unpaired) electrons. The third-order valence-electron chi connectivity index (χ3n) is 3.15. The maximum Gasteiger partial charge on any atom is 0.246 e. The first-order valence-electron chi connectivity index (χ1n) is 5.85. The van der Waals surface area contributed by atoms with Crippen LogP contribution in [0.15, 0.2) is 28.9 Å². The van der Waals surface area contributed by atoms with Gasteiger partial charge in [-0.15, -0.1) is 0 Å². The summed E-state index contributed by atoms with van der Waals surface area (Å²) in [6.45, 7) is 3.13. The zero-order chi connectivity index (χ0) is 12.3. The summed E-state index contributed by atoms with van der Waals surface area (Å²) in [6.07, 6.45) is 5.28. The van der Waals surface area contributed by atoms with Crippen LogP contribution in [-0.4, -0.2) is 35.1 Å². The molecule has 92 valence electrons. The lowest BCUT2D eigenvalue weighted by molar-refractivity contribution is -0.125. The molecule has 1 aliphatic rings. The first-order valence-corrected chi connectivity index (χ1v) is 5.85. The Morgan fingerprint density at radius 2 is 2.53 bits per heavy atom. The summed E-state index contributed by atoms with van der Waals surface area (Å²) in [5.41, 5.74) is 0. The van der Waals surface area contributed by atoms with Crippen LogP contribution in [0.25, 0.3) is 6.08 Å². The van der Waals surface area contributed by atoms with E-state index in [1.165, 1.54) is 6.08 Å². The highest BCUT2D eigenvalue weighted by Crippen LogP contribution is 2.19. The Bertz CT molecular complexity index is 395. The van der Waals surface area contributed by atoms with Crippen LogP contribution in [0, 0.1) is 5.92 Å². The van der Waals surface area contributed by atoms with Gasteiger partial charge < -0.3 is 14.4 Å². The molecule has 2 heterocycles. The molecule has 0 bridgehead atoms. The Balaban J connectivity index is 1.89. The molecule has 1 aliphatic heterocycles. The van der Waals surface area contributed by atoms with Crippen molar-refractivity contribution in [2.75, 3.05) is 13.1 Å². The van der Waals surface area contributed by atoms with Crippen LogP contribution in [-0.2, 0) is 4.79 Å². The van der Waals surface area contributed by atoms with Gasteiger partial charge in [0.2, 0.25) is 5.91 Å². The van der Waals surface area contributed by atoms with Crippen molar-refractivity contribution in [1.29, 1.82) is 0 Å². The van der Waals surface area contributed by atoms with E-state index >= 15 is 0 Å². The average molecular weight is 235 g/mol. The van der Waals surface area contributed by atoms with Gasteiger partial charge in [0.05, 0.1) is 12.4 Å². The van der Waals surface area contributed by atoms with Crippen LogP contribution in [0.4, 0.5) is 0 Å². The van der Waals surface area contributed by atoms with Crippen LogP contribution in [0.1, 0.15) is 19.1 Å². The van der Waals surface area contributed by atoms with E-state index in [0.717, 1.165) is 13.0 Å². The molecular formula is C13H17NO3. The number of hydrogen-bond acceptors (Lipinski definition) is 3. The number of carbonyl (C=O) groups is 1. The molecule has 1 N–H and O–H groups in total. The Morgan fingerprint density at radius 3 is 3.12 bits per heavy atom. The molecular weight excluding hydrogens is 218 g/mol. The molecule has 17 heavy (non-hydrogen) atoms. The molecule has 0 spiro atoms. The van der Waals surface area contributed by atoms with Gasteiger partial charge in [-0.25, -0.2) is 0 Å². The molecule has 1 amide bonds. The van der Waals surface area contributed by atoms with E-state index in [-0.39, 0.29) is 17.9 Å². The SMILES string of the molecule is CC(O)C1CCN(C(=O)/C=C/c2ccco2)C1. The molecule has 1 saturated heterocycles. The van der Waals surface area contributed by atoms with Gasteiger partial charge in [-0.2, -0.15) is 0 Å². The number of carbonyl (C=O) groups excluding carboxylic acids is 1. The molecule has 1 aromatic heterocycles. The number of likely N-dealkylation sites (tertiary alicyclic amines) is 1. The van der Waals surface area contributed by atoms with E-state index in [2.05, 4.69) is 0 Å². The summed E-state index contributed by atoms with van der Waals surface area (Å²) in [7, 11) is 0. The lowest BCUT2D eigenvalue weighted by atomic mass is 10.0. The molecule has 2 atom stereocenters. The second kappa shape index (κ2) is 5.19. The monoisotopic (exact) mass is 235 g/mol. The highest BCUT2D eigenvalue weighted by atomic mass is 16.3. The third-order valence-corrected chi connectivity index (χ3v) is 3.15. The maximum absolute atomic E-state index is 11.8. The first kappa shape index (κ1) is 11.9. The Labute approximate surface area is 101 Å². The summed E-state index contributed by atoms with van der Waals surface area (Å²) in [6, 6.07) is 3.58. The van der Waals surface area contributed by atoms with Gasteiger partial charge >= 0.3 is 0 Å². The maximum atomic E-state index is 11.8. The molecule has 1 aromatic rings. The Hall–Kier alpha value is -1.55. The van der Waals surface area contributed by atoms with Crippen molar-refractivity contribution >= 4 is 12.0 Å². The quantitative estimate of drug-likeness (QED) is 0.808. The van der Waals surface area contributed by atoms with Crippen molar-refractivity contribution in [2.45, 2.75) is 19.4 Å². The van der Waals surface area contributed by atoms with Crippen molar-refractivity contribution in [1.82, 2.24) is 4.90 Å². The lowest BCUT2D eigenvalue weighted by Gasteiger charge is -2.15. The van der Waals surface area contributed by atoms with E-state index in [1.54, 1.807) is 36.3 Å². The molecule has 0 aromatic carbocycles. The molecule has 0 aliphatic carbocycles. The summed E-state index contributed by atoms with van der Waals surface area (Å²) in [5.74, 6) is 0.852. The zero-order valence-electron chi connectivity index (χ0n) is 9.87. The van der Waals surface area contributed by atoms with Crippen molar-refractivity contribution in [3.63, 3.8) is 0 Å². The van der Waals surface area contributed by atoms with Gasteiger partial charge in [-0.3, -0.25) is 4.79 Å².